The predicted molar refractivity (Wildman–Crippen MR) is 84.0 cm³/mol. The molecule has 3 N–H and O–H groups in total. The summed E-state index contributed by atoms with van der Waals surface area (Å²) in [6.07, 6.45) is -4.16. The molecule has 0 aliphatic carbocycles. The molecule has 0 aliphatic heterocycles. The minimum Gasteiger partial charge on any atom is -0.327 e. The summed E-state index contributed by atoms with van der Waals surface area (Å²) in [5.41, 5.74) is -1.77. The largest absolute Gasteiger partial charge is 0.417 e. The Hall–Kier alpha value is -3.43. The van der Waals surface area contributed by atoms with E-state index in [-0.39, 0.29) is 5.69 Å². The fraction of sp³-hybridized carbons (Fsp3) is 0.0625. The Kier molecular flexibility index (Phi) is 4.33. The second-order valence-electron chi connectivity index (χ2n) is 5.26. The van der Waals surface area contributed by atoms with Gasteiger partial charge in [-0.15, -0.1) is 0 Å². The Morgan fingerprint density at radius 2 is 1.81 bits per heavy atom. The second kappa shape index (κ2) is 6.47. The highest BCUT2D eigenvalue weighted by Gasteiger charge is 2.31. The molecule has 0 fully saturated rings. The van der Waals surface area contributed by atoms with Crippen LogP contribution in [0, 0.1) is 5.82 Å². The Balaban J connectivity index is 1.83. The van der Waals surface area contributed by atoms with E-state index in [1.807, 2.05) is 4.98 Å². The van der Waals surface area contributed by atoms with E-state index in [2.05, 4.69) is 15.5 Å². The Bertz CT molecular complexity index is 1010. The second-order valence-corrected chi connectivity index (χ2v) is 5.26. The van der Waals surface area contributed by atoms with Crippen LogP contribution in [0.1, 0.15) is 16.1 Å². The van der Waals surface area contributed by atoms with Crippen molar-refractivity contribution in [3.05, 3.63) is 70.0 Å². The van der Waals surface area contributed by atoms with E-state index < -0.39 is 34.7 Å². The van der Waals surface area contributed by atoms with Crippen molar-refractivity contribution in [3.63, 3.8) is 0 Å². The number of carbonyl (C=O) groups is 1. The average Bonchev–Trinajstić information content (AvgIpc) is 3.06. The molecule has 0 aliphatic rings. The van der Waals surface area contributed by atoms with Crippen LogP contribution < -0.4 is 10.9 Å². The molecule has 134 valence electrons. The first-order valence-corrected chi connectivity index (χ1v) is 7.16. The van der Waals surface area contributed by atoms with Crippen LogP contribution in [0.2, 0.25) is 0 Å². The van der Waals surface area contributed by atoms with Crippen LogP contribution in [-0.2, 0) is 6.18 Å². The number of nitrogens with zero attached hydrogens (tertiary/aromatic N) is 1. The third-order valence-corrected chi connectivity index (χ3v) is 3.44. The number of anilines is 1. The molecule has 0 radical (unpaired) electrons. The number of rotatable bonds is 3. The molecule has 0 bridgehead atoms. The molecule has 1 aromatic carbocycles. The number of alkyl halides is 3. The molecule has 1 amide bonds. The zero-order valence-electron chi connectivity index (χ0n) is 12.8. The number of benzene rings is 1. The molecule has 3 rings (SSSR count). The predicted octanol–water partition coefficient (Wildman–Crippen LogP) is 3.18. The Morgan fingerprint density at radius 3 is 2.46 bits per heavy atom. The lowest BCUT2D eigenvalue weighted by Gasteiger charge is -2.08. The average molecular weight is 366 g/mol. The maximum absolute atomic E-state index is 12.9. The summed E-state index contributed by atoms with van der Waals surface area (Å²) >= 11 is 0. The van der Waals surface area contributed by atoms with Gasteiger partial charge in [0.05, 0.1) is 11.3 Å². The van der Waals surface area contributed by atoms with Crippen LogP contribution in [0.25, 0.3) is 11.3 Å². The SMILES string of the molecule is O=C(Nc1cc(C(F)(F)F)c[nH]c1=O)c1cc(-c2ccc(F)cc2)n[nH]1. The van der Waals surface area contributed by atoms with Gasteiger partial charge in [0.1, 0.15) is 17.2 Å². The Labute approximate surface area is 142 Å². The van der Waals surface area contributed by atoms with E-state index in [1.54, 1.807) is 0 Å². The van der Waals surface area contributed by atoms with Crippen LogP contribution in [0.15, 0.2) is 47.4 Å². The molecule has 0 saturated heterocycles. The topological polar surface area (TPSA) is 90.6 Å². The van der Waals surface area contributed by atoms with Gasteiger partial charge in [-0.3, -0.25) is 14.7 Å². The number of halogens is 4. The van der Waals surface area contributed by atoms with Gasteiger partial charge < -0.3 is 10.3 Å². The number of carbonyl (C=O) groups excluding carboxylic acids is 1. The van der Waals surface area contributed by atoms with Gasteiger partial charge in [-0.05, 0) is 36.4 Å². The maximum atomic E-state index is 12.9. The normalized spacial score (nSPS) is 11.4. The zero-order valence-corrected chi connectivity index (χ0v) is 12.8. The lowest BCUT2D eigenvalue weighted by molar-refractivity contribution is -0.137. The van der Waals surface area contributed by atoms with Crippen LogP contribution in [0.4, 0.5) is 23.2 Å². The Morgan fingerprint density at radius 1 is 1.12 bits per heavy atom. The van der Waals surface area contributed by atoms with Gasteiger partial charge in [0.25, 0.3) is 11.5 Å². The van der Waals surface area contributed by atoms with Crippen molar-refractivity contribution >= 4 is 11.6 Å². The lowest BCUT2D eigenvalue weighted by atomic mass is 10.1. The van der Waals surface area contributed by atoms with Gasteiger partial charge in [-0.25, -0.2) is 4.39 Å². The van der Waals surface area contributed by atoms with Crippen molar-refractivity contribution in [1.29, 1.82) is 0 Å². The highest BCUT2D eigenvalue weighted by molar-refractivity contribution is 6.03. The van der Waals surface area contributed by atoms with E-state index in [1.165, 1.54) is 30.3 Å². The highest BCUT2D eigenvalue weighted by atomic mass is 19.4. The number of aromatic amines is 2. The van der Waals surface area contributed by atoms with Crippen LogP contribution in [0.3, 0.4) is 0 Å². The van der Waals surface area contributed by atoms with E-state index in [0.717, 1.165) is 0 Å². The van der Waals surface area contributed by atoms with Crippen molar-refractivity contribution in [1.82, 2.24) is 15.2 Å². The first kappa shape index (κ1) is 17.4. The van der Waals surface area contributed by atoms with Gasteiger partial charge in [0, 0.05) is 11.8 Å². The molecule has 26 heavy (non-hydrogen) atoms. The van der Waals surface area contributed by atoms with Crippen LogP contribution in [-0.4, -0.2) is 21.1 Å². The minimum atomic E-state index is -4.67. The standard InChI is InChI=1S/C16H10F4N4O2/c17-10-3-1-8(2-4-10)11-6-13(24-23-11)15(26)22-12-5-9(16(18,19)20)7-21-14(12)25/h1-7H,(H,21,25)(H,22,26)(H,23,24). The molecule has 2 aromatic heterocycles. The van der Waals surface area contributed by atoms with Gasteiger partial charge >= 0.3 is 6.18 Å². The summed E-state index contributed by atoms with van der Waals surface area (Å²) < 4.78 is 51.0. The number of hydrogen-bond acceptors (Lipinski definition) is 3. The summed E-state index contributed by atoms with van der Waals surface area (Å²) in [4.78, 5) is 25.7. The molecule has 2 heterocycles. The molecule has 0 atom stereocenters. The van der Waals surface area contributed by atoms with Crippen molar-refractivity contribution in [3.8, 4) is 11.3 Å². The van der Waals surface area contributed by atoms with Crippen molar-refractivity contribution in [2.75, 3.05) is 5.32 Å². The molecule has 3 aromatic rings. The summed E-state index contributed by atoms with van der Waals surface area (Å²) in [6, 6.07) is 7.19. The summed E-state index contributed by atoms with van der Waals surface area (Å²) in [5.74, 6) is -1.29. The van der Waals surface area contributed by atoms with E-state index in [9.17, 15) is 27.2 Å². The zero-order chi connectivity index (χ0) is 18.9. The van der Waals surface area contributed by atoms with Crippen molar-refractivity contribution < 1.29 is 22.4 Å². The number of nitrogens with one attached hydrogen (secondary N) is 3. The fourth-order valence-electron chi connectivity index (χ4n) is 2.14. The van der Waals surface area contributed by atoms with Gasteiger partial charge in [0.15, 0.2) is 0 Å². The molecular weight excluding hydrogens is 356 g/mol. The number of pyridine rings is 1. The lowest BCUT2D eigenvalue weighted by Crippen LogP contribution is -2.21. The summed E-state index contributed by atoms with van der Waals surface area (Å²) in [5, 5.41) is 8.40. The quantitative estimate of drug-likeness (QED) is 0.622. The van der Waals surface area contributed by atoms with Crippen LogP contribution in [0.5, 0.6) is 0 Å². The number of hydrogen-bond donors (Lipinski definition) is 3. The number of aromatic nitrogens is 3. The summed E-state index contributed by atoms with van der Waals surface area (Å²) in [6.45, 7) is 0. The highest BCUT2D eigenvalue weighted by Crippen LogP contribution is 2.29. The first-order valence-electron chi connectivity index (χ1n) is 7.16. The molecule has 0 saturated carbocycles. The third-order valence-electron chi connectivity index (χ3n) is 3.44. The number of amides is 1. The van der Waals surface area contributed by atoms with E-state index >= 15 is 0 Å². The van der Waals surface area contributed by atoms with E-state index in [0.29, 0.717) is 23.5 Å². The smallest absolute Gasteiger partial charge is 0.327 e. The molecule has 6 nitrogen and oxygen atoms in total. The summed E-state index contributed by atoms with van der Waals surface area (Å²) in [7, 11) is 0. The molecule has 0 unspecified atom stereocenters. The molecular formula is C16H10F4N4O2. The minimum absolute atomic E-state index is 0.0823. The van der Waals surface area contributed by atoms with Crippen molar-refractivity contribution in [2.24, 2.45) is 0 Å². The fourth-order valence-corrected chi connectivity index (χ4v) is 2.14. The monoisotopic (exact) mass is 366 g/mol. The first-order chi connectivity index (χ1) is 12.2. The third kappa shape index (κ3) is 3.63. The molecule has 10 heteroatoms. The van der Waals surface area contributed by atoms with Gasteiger partial charge in [0.2, 0.25) is 0 Å². The maximum Gasteiger partial charge on any atom is 0.417 e. The van der Waals surface area contributed by atoms with Gasteiger partial charge in [-0.2, -0.15) is 18.3 Å². The number of H-pyrrole nitrogens is 2. The van der Waals surface area contributed by atoms with Gasteiger partial charge in [-0.1, -0.05) is 0 Å². The van der Waals surface area contributed by atoms with Crippen LogP contribution >= 0.6 is 0 Å². The molecule has 0 spiro atoms. The van der Waals surface area contributed by atoms with E-state index in [4.69, 9.17) is 0 Å². The van der Waals surface area contributed by atoms with Crippen molar-refractivity contribution in [2.45, 2.75) is 6.18 Å².